The Hall–Kier alpha value is -2.27. The molecule has 22 heavy (non-hydrogen) atoms. The Morgan fingerprint density at radius 1 is 1.14 bits per heavy atom. The molecule has 0 fully saturated rings. The van der Waals surface area contributed by atoms with Crippen molar-refractivity contribution >= 4 is 17.6 Å². The van der Waals surface area contributed by atoms with E-state index in [-0.39, 0.29) is 0 Å². The van der Waals surface area contributed by atoms with Gasteiger partial charge < -0.3 is 0 Å². The van der Waals surface area contributed by atoms with Gasteiger partial charge >= 0.3 is 0 Å². The first-order valence-electron chi connectivity index (χ1n) is 7.30. The van der Waals surface area contributed by atoms with Crippen LogP contribution in [0.15, 0.2) is 47.8 Å². The molecule has 0 radical (unpaired) electrons. The van der Waals surface area contributed by atoms with E-state index in [1.165, 1.54) is 10.4 Å². The molecule has 1 aromatic carbocycles. The van der Waals surface area contributed by atoms with Crippen molar-refractivity contribution < 1.29 is 4.79 Å². The fraction of sp³-hybridized carbons (Fsp3) is 0.235. The van der Waals surface area contributed by atoms with Crippen LogP contribution in [0.4, 0.5) is 0 Å². The lowest BCUT2D eigenvalue weighted by Crippen LogP contribution is -2.07. The van der Waals surface area contributed by atoms with Gasteiger partial charge in [-0.2, -0.15) is 0 Å². The van der Waals surface area contributed by atoms with Gasteiger partial charge in [0.05, 0.1) is 5.69 Å². The highest BCUT2D eigenvalue weighted by Crippen LogP contribution is 2.16. The molecule has 0 aliphatic carbocycles. The zero-order chi connectivity index (χ0) is 15.2. The number of nitrogens with zero attached hydrogens (tertiary/aromatic N) is 3. The van der Waals surface area contributed by atoms with Gasteiger partial charge in [0.1, 0.15) is 5.69 Å². The molecule has 0 saturated heterocycles. The number of hydrogen-bond donors (Lipinski definition) is 0. The van der Waals surface area contributed by atoms with Crippen LogP contribution < -0.4 is 0 Å². The lowest BCUT2D eigenvalue weighted by molar-refractivity contribution is 0.111. The Balaban J connectivity index is 1.68. The maximum absolute atomic E-state index is 11.2. The van der Waals surface area contributed by atoms with E-state index in [4.69, 9.17) is 0 Å². The maximum atomic E-state index is 11.2. The fourth-order valence-corrected chi connectivity index (χ4v) is 3.16. The van der Waals surface area contributed by atoms with E-state index < -0.39 is 0 Å². The summed E-state index contributed by atoms with van der Waals surface area (Å²) >= 11 is 1.68. The average Bonchev–Trinajstić information content (AvgIpc) is 3.19. The van der Waals surface area contributed by atoms with Crippen molar-refractivity contribution in [3.8, 4) is 0 Å². The molecule has 0 amide bonds. The van der Waals surface area contributed by atoms with Crippen molar-refractivity contribution in [1.82, 2.24) is 15.0 Å². The smallest absolute Gasteiger partial charge is 0.172 e. The van der Waals surface area contributed by atoms with Crippen LogP contribution in [0.2, 0.25) is 0 Å². The summed E-state index contributed by atoms with van der Waals surface area (Å²) in [7, 11) is 0. The minimum Gasteiger partial charge on any atom is -0.296 e. The summed E-state index contributed by atoms with van der Waals surface area (Å²) in [5.41, 5.74) is 2.68. The van der Waals surface area contributed by atoms with Crippen molar-refractivity contribution in [2.24, 2.45) is 0 Å². The Labute approximate surface area is 133 Å². The molecule has 0 spiro atoms. The molecule has 4 nitrogen and oxygen atoms in total. The molecule has 0 unspecified atom stereocenters. The first-order valence-corrected chi connectivity index (χ1v) is 8.18. The maximum Gasteiger partial charge on any atom is 0.172 e. The molecule has 0 saturated carbocycles. The van der Waals surface area contributed by atoms with Crippen molar-refractivity contribution in [3.63, 3.8) is 0 Å². The van der Waals surface area contributed by atoms with Gasteiger partial charge in [-0.1, -0.05) is 41.6 Å². The predicted molar refractivity (Wildman–Crippen MR) is 87.3 cm³/mol. The summed E-state index contributed by atoms with van der Waals surface area (Å²) in [4.78, 5) is 12.4. The zero-order valence-electron chi connectivity index (χ0n) is 12.2. The second-order valence-electron chi connectivity index (χ2n) is 5.11. The van der Waals surface area contributed by atoms with Gasteiger partial charge in [-0.3, -0.25) is 4.79 Å². The fourth-order valence-electron chi connectivity index (χ4n) is 2.46. The highest BCUT2D eigenvalue weighted by atomic mass is 32.1. The number of carbonyl (C=O) groups excluding carboxylic acids is 1. The van der Waals surface area contributed by atoms with E-state index in [1.54, 1.807) is 11.3 Å². The highest BCUT2D eigenvalue weighted by Gasteiger charge is 2.13. The van der Waals surface area contributed by atoms with Crippen molar-refractivity contribution in [2.45, 2.75) is 25.8 Å². The van der Waals surface area contributed by atoms with Crippen LogP contribution >= 0.6 is 11.3 Å². The van der Waals surface area contributed by atoms with Crippen molar-refractivity contribution in [3.05, 3.63) is 69.7 Å². The quantitative estimate of drug-likeness (QED) is 0.629. The molecule has 3 aromatic rings. The molecule has 0 aliphatic rings. The van der Waals surface area contributed by atoms with E-state index in [2.05, 4.69) is 40.6 Å². The summed E-state index contributed by atoms with van der Waals surface area (Å²) in [6.45, 7) is 0.774. The Kier molecular flexibility index (Phi) is 4.75. The first-order chi connectivity index (χ1) is 10.9. The third-order valence-corrected chi connectivity index (χ3v) is 4.46. The van der Waals surface area contributed by atoms with Gasteiger partial charge in [0.2, 0.25) is 0 Å². The molecular formula is C17H17N3OS. The largest absolute Gasteiger partial charge is 0.296 e. The van der Waals surface area contributed by atoms with E-state index in [0.717, 1.165) is 31.4 Å². The number of thiophene rings is 1. The highest BCUT2D eigenvalue weighted by molar-refractivity contribution is 7.09. The molecule has 0 N–H and O–H groups in total. The lowest BCUT2D eigenvalue weighted by Gasteiger charge is -2.06. The van der Waals surface area contributed by atoms with Crippen molar-refractivity contribution in [1.29, 1.82) is 0 Å². The van der Waals surface area contributed by atoms with E-state index in [9.17, 15) is 4.79 Å². The molecule has 0 bridgehead atoms. The number of carbonyl (C=O) groups is 1. The molecular weight excluding hydrogens is 294 g/mol. The standard InChI is InChI=1S/C17H17N3OS/c21-13-16-17(12-15-9-5-11-22-15)20(19-18-16)10-4-8-14-6-2-1-3-7-14/h1-3,5-7,9,11,13H,4,8,10,12H2. The topological polar surface area (TPSA) is 47.8 Å². The molecule has 2 aromatic heterocycles. The third kappa shape index (κ3) is 3.49. The number of aryl methyl sites for hydroxylation is 2. The monoisotopic (exact) mass is 311 g/mol. The van der Waals surface area contributed by atoms with E-state index in [0.29, 0.717) is 12.1 Å². The summed E-state index contributed by atoms with van der Waals surface area (Å²) in [5.74, 6) is 0. The van der Waals surface area contributed by atoms with Crippen LogP contribution in [0.5, 0.6) is 0 Å². The van der Waals surface area contributed by atoms with Crippen LogP contribution in [0.3, 0.4) is 0 Å². The summed E-state index contributed by atoms with van der Waals surface area (Å²) in [6, 6.07) is 14.5. The van der Waals surface area contributed by atoms with Gasteiger partial charge in [-0.25, -0.2) is 4.68 Å². The zero-order valence-corrected chi connectivity index (χ0v) is 13.0. The van der Waals surface area contributed by atoms with Crippen molar-refractivity contribution in [2.75, 3.05) is 0 Å². The van der Waals surface area contributed by atoms with E-state index in [1.807, 2.05) is 22.2 Å². The molecule has 0 atom stereocenters. The third-order valence-electron chi connectivity index (χ3n) is 3.58. The lowest BCUT2D eigenvalue weighted by atomic mass is 10.1. The minimum absolute atomic E-state index is 0.452. The molecule has 3 rings (SSSR count). The van der Waals surface area contributed by atoms with Gasteiger partial charge in [-0.15, -0.1) is 16.4 Å². The van der Waals surface area contributed by atoms with E-state index >= 15 is 0 Å². The first kappa shape index (κ1) is 14.7. The van der Waals surface area contributed by atoms with Gasteiger partial charge in [0, 0.05) is 17.8 Å². The second kappa shape index (κ2) is 7.13. The summed E-state index contributed by atoms with van der Waals surface area (Å²) in [6.07, 6.45) is 3.48. The van der Waals surface area contributed by atoms with Crippen LogP contribution in [0.1, 0.15) is 33.0 Å². The number of hydrogen-bond acceptors (Lipinski definition) is 4. The molecule has 112 valence electrons. The Bertz CT molecular complexity index is 720. The average molecular weight is 311 g/mol. The van der Waals surface area contributed by atoms with Crippen LogP contribution in [0, 0.1) is 0 Å². The molecule has 5 heteroatoms. The second-order valence-corrected chi connectivity index (χ2v) is 6.14. The normalized spacial score (nSPS) is 10.7. The number of aromatic nitrogens is 3. The van der Waals surface area contributed by atoms with Gasteiger partial charge in [-0.05, 0) is 29.9 Å². The number of aldehydes is 1. The van der Waals surface area contributed by atoms with Gasteiger partial charge in [0.15, 0.2) is 6.29 Å². The Morgan fingerprint density at radius 3 is 2.73 bits per heavy atom. The van der Waals surface area contributed by atoms with Gasteiger partial charge in [0.25, 0.3) is 0 Å². The van der Waals surface area contributed by atoms with Crippen LogP contribution in [0.25, 0.3) is 0 Å². The van der Waals surface area contributed by atoms with Crippen LogP contribution in [-0.4, -0.2) is 21.3 Å². The van der Waals surface area contributed by atoms with Crippen LogP contribution in [-0.2, 0) is 19.4 Å². The molecule has 0 aliphatic heterocycles. The SMILES string of the molecule is O=Cc1nnn(CCCc2ccccc2)c1Cc1cccs1. The Morgan fingerprint density at radius 2 is 2.00 bits per heavy atom. The predicted octanol–water partition coefficient (Wildman–Crippen LogP) is 3.38. The number of benzene rings is 1. The molecule has 2 heterocycles. The minimum atomic E-state index is 0.452. The summed E-state index contributed by atoms with van der Waals surface area (Å²) in [5, 5.41) is 10.2. The summed E-state index contributed by atoms with van der Waals surface area (Å²) < 4.78 is 1.87. The number of rotatable bonds is 7.